The summed E-state index contributed by atoms with van der Waals surface area (Å²) in [5.74, 6) is 1.05. The third-order valence-corrected chi connectivity index (χ3v) is 2.54. The summed E-state index contributed by atoms with van der Waals surface area (Å²) >= 11 is 0. The molecule has 0 aliphatic rings. The van der Waals surface area contributed by atoms with Crippen molar-refractivity contribution in [3.8, 4) is 5.75 Å². The Bertz CT molecular complexity index is 401. The van der Waals surface area contributed by atoms with Crippen molar-refractivity contribution in [1.82, 2.24) is 0 Å². The molecule has 0 fully saturated rings. The number of hydrogen-bond donors (Lipinski definition) is 0. The first-order chi connectivity index (χ1) is 9.65. The van der Waals surface area contributed by atoms with Crippen molar-refractivity contribution in [3.63, 3.8) is 0 Å². The molecule has 0 atom stereocenters. The molecule has 1 aromatic carbocycles. The van der Waals surface area contributed by atoms with Gasteiger partial charge in [-0.1, -0.05) is 26.0 Å². The van der Waals surface area contributed by atoms with Crippen LogP contribution in [0.5, 0.6) is 5.75 Å². The van der Waals surface area contributed by atoms with E-state index in [9.17, 15) is 4.79 Å². The SMILES string of the molecule is CCOc1ccccc1C(=O)COCCOCC(C)C. The van der Waals surface area contributed by atoms with Crippen LogP contribution >= 0.6 is 0 Å². The van der Waals surface area contributed by atoms with E-state index in [1.54, 1.807) is 12.1 Å². The Morgan fingerprint density at radius 2 is 1.85 bits per heavy atom. The van der Waals surface area contributed by atoms with Crippen LogP contribution in [0.1, 0.15) is 31.1 Å². The molecule has 112 valence electrons. The zero-order valence-corrected chi connectivity index (χ0v) is 12.6. The van der Waals surface area contributed by atoms with Crippen LogP contribution in [0.25, 0.3) is 0 Å². The molecule has 4 heteroatoms. The zero-order valence-electron chi connectivity index (χ0n) is 12.6. The lowest BCUT2D eigenvalue weighted by molar-refractivity contribution is 0.0363. The molecular formula is C16H24O4. The predicted octanol–water partition coefficient (Wildman–Crippen LogP) is 2.96. The molecule has 0 bridgehead atoms. The van der Waals surface area contributed by atoms with E-state index in [0.29, 0.717) is 43.7 Å². The minimum atomic E-state index is -0.0714. The van der Waals surface area contributed by atoms with Gasteiger partial charge in [-0.05, 0) is 25.0 Å². The number of carbonyl (C=O) groups is 1. The first-order valence-electron chi connectivity index (χ1n) is 7.05. The third kappa shape index (κ3) is 6.17. The molecule has 1 rings (SSSR count). The largest absolute Gasteiger partial charge is 0.493 e. The van der Waals surface area contributed by atoms with Crippen molar-refractivity contribution < 1.29 is 19.0 Å². The van der Waals surface area contributed by atoms with Crippen LogP contribution < -0.4 is 4.74 Å². The summed E-state index contributed by atoms with van der Waals surface area (Å²) in [6.45, 7) is 8.32. The van der Waals surface area contributed by atoms with Crippen LogP contribution in [-0.2, 0) is 9.47 Å². The monoisotopic (exact) mass is 280 g/mol. The molecule has 0 saturated carbocycles. The highest BCUT2D eigenvalue weighted by Crippen LogP contribution is 2.18. The van der Waals surface area contributed by atoms with Crippen LogP contribution in [0.2, 0.25) is 0 Å². The second-order valence-electron chi connectivity index (χ2n) is 4.87. The molecule has 20 heavy (non-hydrogen) atoms. The molecule has 0 N–H and O–H groups in total. The second-order valence-corrected chi connectivity index (χ2v) is 4.87. The fourth-order valence-electron chi connectivity index (χ4n) is 1.66. The van der Waals surface area contributed by atoms with Gasteiger partial charge in [0.15, 0.2) is 5.78 Å². The quantitative estimate of drug-likeness (QED) is 0.488. The van der Waals surface area contributed by atoms with E-state index in [4.69, 9.17) is 14.2 Å². The van der Waals surface area contributed by atoms with Gasteiger partial charge in [-0.3, -0.25) is 4.79 Å². The average Bonchev–Trinajstić information content (AvgIpc) is 2.43. The van der Waals surface area contributed by atoms with Crippen LogP contribution in [0, 0.1) is 5.92 Å². The van der Waals surface area contributed by atoms with Gasteiger partial charge in [0.05, 0.1) is 25.4 Å². The lowest BCUT2D eigenvalue weighted by Gasteiger charge is -2.10. The van der Waals surface area contributed by atoms with Gasteiger partial charge < -0.3 is 14.2 Å². The fourth-order valence-corrected chi connectivity index (χ4v) is 1.66. The fraction of sp³-hybridized carbons (Fsp3) is 0.562. The normalized spacial score (nSPS) is 10.8. The Morgan fingerprint density at radius 3 is 2.55 bits per heavy atom. The Morgan fingerprint density at radius 1 is 1.15 bits per heavy atom. The lowest BCUT2D eigenvalue weighted by atomic mass is 10.1. The molecule has 0 aliphatic carbocycles. The Hall–Kier alpha value is -1.39. The van der Waals surface area contributed by atoms with E-state index in [-0.39, 0.29) is 12.4 Å². The summed E-state index contributed by atoms with van der Waals surface area (Å²) in [5.41, 5.74) is 0.567. The van der Waals surface area contributed by atoms with Gasteiger partial charge in [-0.2, -0.15) is 0 Å². The number of Topliss-reactive ketones (excluding diaryl/α,β-unsaturated/α-hetero) is 1. The topological polar surface area (TPSA) is 44.8 Å². The van der Waals surface area contributed by atoms with E-state index in [0.717, 1.165) is 0 Å². The van der Waals surface area contributed by atoms with Gasteiger partial charge in [-0.25, -0.2) is 0 Å². The van der Waals surface area contributed by atoms with Crippen LogP contribution in [0.4, 0.5) is 0 Å². The molecule has 0 unspecified atom stereocenters. The Labute approximate surface area is 121 Å². The highest BCUT2D eigenvalue weighted by atomic mass is 16.5. The standard InChI is InChI=1S/C16H24O4/c1-4-20-16-8-6-5-7-14(16)15(17)12-19-10-9-18-11-13(2)3/h5-8,13H,4,9-12H2,1-3H3. The van der Waals surface area contributed by atoms with Crippen molar-refractivity contribution in [2.75, 3.05) is 33.0 Å². The molecule has 0 spiro atoms. The van der Waals surface area contributed by atoms with Crippen molar-refractivity contribution >= 4 is 5.78 Å². The number of rotatable bonds is 10. The summed E-state index contributed by atoms with van der Waals surface area (Å²) in [5, 5.41) is 0. The lowest BCUT2D eigenvalue weighted by Crippen LogP contribution is -2.14. The summed E-state index contributed by atoms with van der Waals surface area (Å²) in [6, 6.07) is 7.22. The predicted molar refractivity (Wildman–Crippen MR) is 78.4 cm³/mol. The Kier molecular flexibility index (Phi) is 7.92. The number of ether oxygens (including phenoxy) is 3. The number of hydrogen-bond acceptors (Lipinski definition) is 4. The van der Waals surface area contributed by atoms with Crippen molar-refractivity contribution in [2.24, 2.45) is 5.92 Å². The highest BCUT2D eigenvalue weighted by molar-refractivity contribution is 5.99. The molecule has 1 aromatic rings. The minimum absolute atomic E-state index is 0.0507. The van der Waals surface area contributed by atoms with Crippen LogP contribution in [0.15, 0.2) is 24.3 Å². The maximum absolute atomic E-state index is 12.0. The minimum Gasteiger partial charge on any atom is -0.493 e. The number of benzene rings is 1. The molecule has 4 nitrogen and oxygen atoms in total. The molecule has 0 heterocycles. The summed E-state index contributed by atoms with van der Waals surface area (Å²) in [7, 11) is 0. The summed E-state index contributed by atoms with van der Waals surface area (Å²) < 4.78 is 16.1. The van der Waals surface area contributed by atoms with Gasteiger partial charge in [0.2, 0.25) is 0 Å². The number of para-hydroxylation sites is 1. The van der Waals surface area contributed by atoms with E-state index in [1.165, 1.54) is 0 Å². The molecule has 0 saturated heterocycles. The second kappa shape index (κ2) is 9.50. The molecule has 0 aliphatic heterocycles. The van der Waals surface area contributed by atoms with Crippen molar-refractivity contribution in [2.45, 2.75) is 20.8 Å². The summed E-state index contributed by atoms with van der Waals surface area (Å²) in [6.07, 6.45) is 0. The van der Waals surface area contributed by atoms with E-state index >= 15 is 0 Å². The summed E-state index contributed by atoms with van der Waals surface area (Å²) in [4.78, 5) is 12.0. The molecule has 0 aromatic heterocycles. The molecule has 0 radical (unpaired) electrons. The number of carbonyl (C=O) groups excluding carboxylic acids is 1. The van der Waals surface area contributed by atoms with Crippen LogP contribution in [-0.4, -0.2) is 38.8 Å². The molecular weight excluding hydrogens is 256 g/mol. The third-order valence-electron chi connectivity index (χ3n) is 2.54. The van der Waals surface area contributed by atoms with E-state index in [2.05, 4.69) is 13.8 Å². The zero-order chi connectivity index (χ0) is 14.8. The van der Waals surface area contributed by atoms with Crippen molar-refractivity contribution in [1.29, 1.82) is 0 Å². The van der Waals surface area contributed by atoms with E-state index in [1.807, 2.05) is 19.1 Å². The van der Waals surface area contributed by atoms with Crippen molar-refractivity contribution in [3.05, 3.63) is 29.8 Å². The average molecular weight is 280 g/mol. The van der Waals surface area contributed by atoms with Gasteiger partial charge in [0.1, 0.15) is 12.4 Å². The van der Waals surface area contributed by atoms with Crippen LogP contribution in [0.3, 0.4) is 0 Å². The highest BCUT2D eigenvalue weighted by Gasteiger charge is 2.11. The van der Waals surface area contributed by atoms with Gasteiger partial charge >= 0.3 is 0 Å². The smallest absolute Gasteiger partial charge is 0.192 e. The van der Waals surface area contributed by atoms with E-state index < -0.39 is 0 Å². The Balaban J connectivity index is 2.32. The van der Waals surface area contributed by atoms with Gasteiger partial charge in [-0.15, -0.1) is 0 Å². The van der Waals surface area contributed by atoms with Gasteiger partial charge in [0.25, 0.3) is 0 Å². The van der Waals surface area contributed by atoms with Gasteiger partial charge in [0, 0.05) is 6.61 Å². The maximum atomic E-state index is 12.0. The number of ketones is 1. The first kappa shape index (κ1) is 16.7. The first-order valence-corrected chi connectivity index (χ1v) is 7.05. The molecule has 0 amide bonds. The maximum Gasteiger partial charge on any atom is 0.192 e.